The molecule has 0 spiro atoms. The second-order valence-electron chi connectivity index (χ2n) is 27.4. The van der Waals surface area contributed by atoms with Gasteiger partial charge in [0, 0.05) is 25.7 Å². The van der Waals surface area contributed by atoms with Crippen molar-refractivity contribution >= 4 is 39.5 Å². The van der Waals surface area contributed by atoms with Crippen LogP contribution in [0.5, 0.6) is 0 Å². The van der Waals surface area contributed by atoms with Crippen LogP contribution in [0.25, 0.3) is 0 Å². The zero-order chi connectivity index (χ0) is 67.3. The Hall–Kier alpha value is -1.94. The van der Waals surface area contributed by atoms with Crippen LogP contribution in [0, 0.1) is 17.8 Å². The number of ether oxygens (including phenoxy) is 4. The van der Waals surface area contributed by atoms with Gasteiger partial charge in [-0.05, 0) is 43.4 Å². The molecule has 3 N–H and O–H groups in total. The van der Waals surface area contributed by atoms with Crippen LogP contribution in [0.4, 0.5) is 0 Å². The molecule has 0 radical (unpaired) electrons. The molecule has 0 heterocycles. The molecule has 0 rings (SSSR count). The van der Waals surface area contributed by atoms with E-state index in [-0.39, 0.29) is 25.7 Å². The first kappa shape index (κ1) is 89.1. The highest BCUT2D eigenvalue weighted by Crippen LogP contribution is 2.45. The highest BCUT2D eigenvalue weighted by Gasteiger charge is 2.30. The summed E-state index contributed by atoms with van der Waals surface area (Å²) < 4.78 is 68.3. The number of rotatable bonds is 70. The van der Waals surface area contributed by atoms with E-state index in [0.717, 1.165) is 102 Å². The van der Waals surface area contributed by atoms with Gasteiger partial charge in [0.1, 0.15) is 19.3 Å². The molecule has 540 valence electrons. The largest absolute Gasteiger partial charge is 0.472 e. The first-order valence-electron chi connectivity index (χ1n) is 37.3. The van der Waals surface area contributed by atoms with Crippen LogP contribution >= 0.6 is 15.6 Å². The van der Waals surface area contributed by atoms with Crippen LogP contribution in [0.15, 0.2) is 0 Å². The Morgan fingerprint density at radius 3 is 0.747 bits per heavy atom. The highest BCUT2D eigenvalue weighted by molar-refractivity contribution is 7.47. The van der Waals surface area contributed by atoms with Crippen molar-refractivity contribution in [1.82, 2.24) is 0 Å². The molecule has 0 amide bonds. The molecule has 2 unspecified atom stereocenters. The average molecular weight is 1340 g/mol. The summed E-state index contributed by atoms with van der Waals surface area (Å²) in [7, 11) is -9.90. The molecule has 0 fully saturated rings. The molecule has 0 saturated carbocycles. The minimum Gasteiger partial charge on any atom is -0.462 e. The number of unbranched alkanes of at least 4 members (excludes halogenated alkanes) is 38. The Morgan fingerprint density at radius 1 is 0.297 bits per heavy atom. The van der Waals surface area contributed by atoms with Gasteiger partial charge in [0.05, 0.1) is 26.4 Å². The minimum atomic E-state index is -4.95. The van der Waals surface area contributed by atoms with Gasteiger partial charge < -0.3 is 33.8 Å². The first-order chi connectivity index (χ1) is 43.7. The Balaban J connectivity index is 5.20. The van der Waals surface area contributed by atoms with E-state index in [1.807, 2.05) is 0 Å². The summed E-state index contributed by atoms with van der Waals surface area (Å²) >= 11 is 0. The zero-order valence-electron chi connectivity index (χ0n) is 59.3. The number of carbonyl (C=O) groups is 4. The fourth-order valence-electron chi connectivity index (χ4n) is 10.9. The number of hydrogen-bond donors (Lipinski definition) is 3. The first-order valence-corrected chi connectivity index (χ1v) is 40.3. The molecule has 0 aliphatic heterocycles. The average Bonchev–Trinajstić information content (AvgIpc) is 2.80. The summed E-state index contributed by atoms with van der Waals surface area (Å²) in [5, 5.41) is 10.6. The standard InChI is InChI=1S/C72H140O17P2/c1-8-9-10-11-12-13-14-15-21-24-27-30-39-46-53-69(74)82-59-67(88-71(76)55-48-41-31-28-25-22-19-17-16-18-20-23-26-29-36-43-50-63(2)3)61-86-90(78,79)84-57-66(73)58-85-91(80,81)87-62-68(89-72(77)56-49-42-35-33-38-45-52-65(6)7)60-83-70(75)54-47-40-34-32-37-44-51-64(4)5/h63-68,73H,8-62H2,1-7H3,(H,78,79)(H,80,81)/t66-,67-,68-/m1/s1. The number of phosphoric acid groups is 2. The Bertz CT molecular complexity index is 1780. The second-order valence-corrected chi connectivity index (χ2v) is 30.3. The van der Waals surface area contributed by atoms with Crippen molar-refractivity contribution in [2.45, 2.75) is 381 Å². The lowest BCUT2D eigenvalue weighted by molar-refractivity contribution is -0.161. The van der Waals surface area contributed by atoms with Crippen LogP contribution in [0.1, 0.15) is 363 Å². The van der Waals surface area contributed by atoms with Crippen molar-refractivity contribution in [1.29, 1.82) is 0 Å². The Morgan fingerprint density at radius 2 is 0.505 bits per heavy atom. The molecule has 0 aliphatic rings. The molecule has 19 heteroatoms. The molecule has 0 bridgehead atoms. The molecule has 17 nitrogen and oxygen atoms in total. The lowest BCUT2D eigenvalue weighted by atomic mass is 10.0. The van der Waals surface area contributed by atoms with Crippen LogP contribution in [0.2, 0.25) is 0 Å². The fourth-order valence-corrected chi connectivity index (χ4v) is 12.5. The predicted molar refractivity (Wildman–Crippen MR) is 368 cm³/mol. The van der Waals surface area contributed by atoms with Crippen LogP contribution in [0.3, 0.4) is 0 Å². The van der Waals surface area contributed by atoms with Gasteiger partial charge in [-0.2, -0.15) is 0 Å². The predicted octanol–water partition coefficient (Wildman–Crippen LogP) is 20.6. The lowest BCUT2D eigenvalue weighted by Crippen LogP contribution is -2.30. The summed E-state index contributed by atoms with van der Waals surface area (Å²) in [5.41, 5.74) is 0. The fraction of sp³-hybridized carbons (Fsp3) is 0.944. The molecule has 0 aliphatic carbocycles. The van der Waals surface area contributed by atoms with Crippen molar-refractivity contribution in [3.8, 4) is 0 Å². The van der Waals surface area contributed by atoms with Gasteiger partial charge >= 0.3 is 39.5 Å². The number of aliphatic hydroxyl groups excluding tert-OH is 1. The molecule has 0 aromatic heterocycles. The van der Waals surface area contributed by atoms with Crippen molar-refractivity contribution in [3.05, 3.63) is 0 Å². The summed E-state index contributed by atoms with van der Waals surface area (Å²) in [6, 6.07) is 0. The molecular formula is C72H140O17P2. The van der Waals surface area contributed by atoms with E-state index in [1.165, 1.54) is 167 Å². The lowest BCUT2D eigenvalue weighted by Gasteiger charge is -2.21. The summed E-state index contributed by atoms with van der Waals surface area (Å²) in [6.45, 7) is 11.7. The SMILES string of the molecule is CCCCCCCCCCCCCCCCC(=O)OC[C@H](COP(=O)(O)OC[C@@H](O)COP(=O)(O)OC[C@@H](COC(=O)CCCCCCCCC(C)C)OC(=O)CCCCCCCCC(C)C)OC(=O)CCCCCCCCCCCCCCCCCCC(C)C. The normalized spacial score (nSPS) is 14.2. The van der Waals surface area contributed by atoms with Crippen LogP contribution < -0.4 is 0 Å². The van der Waals surface area contributed by atoms with Crippen LogP contribution in [-0.2, 0) is 65.4 Å². The van der Waals surface area contributed by atoms with Crippen LogP contribution in [-0.4, -0.2) is 96.7 Å². The summed E-state index contributed by atoms with van der Waals surface area (Å²) in [4.78, 5) is 72.5. The van der Waals surface area contributed by atoms with Crippen molar-refractivity contribution in [2.24, 2.45) is 17.8 Å². The monoisotopic (exact) mass is 1340 g/mol. The maximum absolute atomic E-state index is 13.0. The number of hydrogen-bond acceptors (Lipinski definition) is 15. The maximum atomic E-state index is 13.0. The summed E-state index contributed by atoms with van der Waals surface area (Å²) in [5.74, 6) is 0.0287. The van der Waals surface area contributed by atoms with Crippen molar-refractivity contribution in [2.75, 3.05) is 39.6 Å². The smallest absolute Gasteiger partial charge is 0.462 e. The molecule has 0 aromatic carbocycles. The van der Waals surface area contributed by atoms with Crippen molar-refractivity contribution < 1.29 is 80.2 Å². The van der Waals surface area contributed by atoms with E-state index in [0.29, 0.717) is 37.5 Å². The zero-order valence-corrected chi connectivity index (χ0v) is 61.1. The number of carbonyl (C=O) groups excluding carboxylic acids is 4. The van der Waals surface area contributed by atoms with Gasteiger partial charge in [0.25, 0.3) is 0 Å². The summed E-state index contributed by atoms with van der Waals surface area (Å²) in [6.07, 6.45) is 47.6. The third-order valence-electron chi connectivity index (χ3n) is 16.6. The van der Waals surface area contributed by atoms with Crippen molar-refractivity contribution in [3.63, 3.8) is 0 Å². The second kappa shape index (κ2) is 62.8. The van der Waals surface area contributed by atoms with Gasteiger partial charge in [0.15, 0.2) is 12.2 Å². The third kappa shape index (κ3) is 66.5. The molecule has 91 heavy (non-hydrogen) atoms. The molecule has 0 aromatic rings. The van der Waals surface area contributed by atoms with Gasteiger partial charge in [-0.3, -0.25) is 37.3 Å². The van der Waals surface area contributed by atoms with E-state index in [4.69, 9.17) is 37.0 Å². The number of esters is 4. The van der Waals surface area contributed by atoms with Gasteiger partial charge in [-0.15, -0.1) is 0 Å². The Kier molecular flexibility index (Phi) is 61.5. The Labute approximate surface area is 556 Å². The van der Waals surface area contributed by atoms with E-state index in [2.05, 4.69) is 48.5 Å². The van der Waals surface area contributed by atoms with Gasteiger partial charge in [-0.1, -0.05) is 312 Å². The van der Waals surface area contributed by atoms with E-state index in [9.17, 15) is 43.2 Å². The molecule has 0 saturated heterocycles. The minimum absolute atomic E-state index is 0.101. The van der Waals surface area contributed by atoms with E-state index in [1.54, 1.807) is 0 Å². The third-order valence-corrected chi connectivity index (χ3v) is 18.5. The van der Waals surface area contributed by atoms with E-state index < -0.39 is 97.5 Å². The van der Waals surface area contributed by atoms with Gasteiger partial charge in [-0.25, -0.2) is 9.13 Å². The molecular weight excluding hydrogens is 1200 g/mol. The highest BCUT2D eigenvalue weighted by atomic mass is 31.2. The topological polar surface area (TPSA) is 237 Å². The van der Waals surface area contributed by atoms with Gasteiger partial charge in [0.2, 0.25) is 0 Å². The maximum Gasteiger partial charge on any atom is 0.472 e. The number of aliphatic hydroxyl groups is 1. The molecule has 5 atom stereocenters. The quantitative estimate of drug-likeness (QED) is 0.0222. The number of phosphoric ester groups is 2. The van der Waals surface area contributed by atoms with E-state index >= 15 is 0 Å².